The fourth-order valence-corrected chi connectivity index (χ4v) is 5.31. The molecule has 0 amide bonds. The van der Waals surface area contributed by atoms with Crippen molar-refractivity contribution < 1.29 is 0 Å². The zero-order valence-corrected chi connectivity index (χ0v) is 20.9. The van der Waals surface area contributed by atoms with Gasteiger partial charge in [-0.15, -0.1) is 0 Å². The van der Waals surface area contributed by atoms with Gasteiger partial charge in [0, 0.05) is 0 Å². The molecule has 0 nitrogen and oxygen atoms in total. The minimum Gasteiger partial charge on any atom is -0.0622 e. The van der Waals surface area contributed by atoms with Gasteiger partial charge in [0.05, 0.1) is 0 Å². The van der Waals surface area contributed by atoms with Crippen molar-refractivity contribution in [2.45, 2.75) is 6.92 Å². The van der Waals surface area contributed by atoms with Gasteiger partial charge in [-0.1, -0.05) is 151 Å². The predicted octanol–water partition coefficient (Wildman–Crippen LogP) is 9.61. The molecular weight excluding hydrogens is 444 g/mol. The summed E-state index contributed by atoms with van der Waals surface area (Å²) in [4.78, 5) is 0. The Bertz CT molecular complexity index is 1520. The first-order valence-corrected chi connectivity index (χ1v) is 12.8. The van der Waals surface area contributed by atoms with Crippen LogP contribution in [-0.2, 0) is 0 Å². The summed E-state index contributed by atoms with van der Waals surface area (Å²) in [7, 11) is 0. The average Bonchev–Trinajstić information content (AvgIpc) is 3.29. The van der Waals surface area contributed by atoms with Crippen molar-refractivity contribution in [2.24, 2.45) is 0 Å². The molecule has 1 aliphatic rings. The lowest BCUT2D eigenvalue weighted by atomic mass is 9.89. The molecule has 0 heteroatoms. The molecule has 6 rings (SSSR count). The molecule has 0 aliphatic heterocycles. The van der Waals surface area contributed by atoms with E-state index in [0.717, 1.165) is 0 Å². The van der Waals surface area contributed by atoms with Crippen LogP contribution in [0.15, 0.2) is 151 Å². The maximum atomic E-state index is 2.37. The van der Waals surface area contributed by atoms with Crippen LogP contribution in [0.1, 0.15) is 33.4 Å². The number of hydrogen-bond donors (Lipinski definition) is 0. The van der Waals surface area contributed by atoms with Crippen molar-refractivity contribution in [3.8, 4) is 0 Å². The molecule has 0 saturated heterocycles. The normalized spacial score (nSPS) is 13.3. The smallest absolute Gasteiger partial charge is 0.00141 e. The molecule has 0 N–H and O–H groups in total. The van der Waals surface area contributed by atoms with Crippen molar-refractivity contribution in [1.82, 2.24) is 0 Å². The second-order valence-electron chi connectivity index (χ2n) is 9.44. The van der Waals surface area contributed by atoms with Crippen LogP contribution in [-0.4, -0.2) is 0 Å². The van der Waals surface area contributed by atoms with Crippen LogP contribution in [0.4, 0.5) is 0 Å². The average molecular weight is 473 g/mol. The van der Waals surface area contributed by atoms with Crippen LogP contribution in [0.5, 0.6) is 0 Å². The molecule has 37 heavy (non-hydrogen) atoms. The minimum absolute atomic E-state index is 1.21. The molecule has 0 aromatic heterocycles. The van der Waals surface area contributed by atoms with E-state index in [-0.39, 0.29) is 0 Å². The highest BCUT2D eigenvalue weighted by molar-refractivity contribution is 6.35. The third-order valence-corrected chi connectivity index (χ3v) is 6.89. The number of allylic oxidation sites excluding steroid dienone is 5. The predicted molar refractivity (Wildman–Crippen MR) is 159 cm³/mol. The van der Waals surface area contributed by atoms with E-state index >= 15 is 0 Å². The summed E-state index contributed by atoms with van der Waals surface area (Å²) in [6, 6.07) is 52.1. The standard InChI is InChI=1S/C37H28/c1-27-15-14-16-28(25-27)26-33-34(29-17-6-2-7-18-29)36(31-21-10-4-11-22-31)37(32-23-12-5-13-24-32)35(33)30-19-8-3-9-20-30/h2-26H,1H3. The van der Waals surface area contributed by atoms with Gasteiger partial charge in [0.25, 0.3) is 0 Å². The molecule has 0 radical (unpaired) electrons. The molecule has 1 aliphatic carbocycles. The Morgan fingerprint density at radius 3 is 1.14 bits per heavy atom. The van der Waals surface area contributed by atoms with Crippen molar-refractivity contribution in [1.29, 1.82) is 0 Å². The van der Waals surface area contributed by atoms with E-state index in [2.05, 4.69) is 159 Å². The van der Waals surface area contributed by atoms with Gasteiger partial charge in [-0.3, -0.25) is 0 Å². The Morgan fingerprint density at radius 2 is 0.757 bits per heavy atom. The monoisotopic (exact) mass is 472 g/mol. The van der Waals surface area contributed by atoms with Crippen molar-refractivity contribution in [3.05, 3.63) is 185 Å². The number of hydrogen-bond acceptors (Lipinski definition) is 0. The van der Waals surface area contributed by atoms with Crippen molar-refractivity contribution in [2.75, 3.05) is 0 Å². The summed E-state index contributed by atoms with van der Waals surface area (Å²) < 4.78 is 0. The van der Waals surface area contributed by atoms with Gasteiger partial charge < -0.3 is 0 Å². The van der Waals surface area contributed by atoms with Gasteiger partial charge in [0.15, 0.2) is 0 Å². The fraction of sp³-hybridized carbons (Fsp3) is 0.0270. The lowest BCUT2D eigenvalue weighted by Crippen LogP contribution is -1.92. The molecule has 5 aromatic rings. The molecule has 5 aromatic carbocycles. The minimum atomic E-state index is 1.21. The molecule has 0 heterocycles. The lowest BCUT2D eigenvalue weighted by molar-refractivity contribution is 1.46. The molecule has 0 atom stereocenters. The first kappa shape index (κ1) is 22.8. The van der Waals surface area contributed by atoms with E-state index in [1.807, 2.05) is 0 Å². The largest absolute Gasteiger partial charge is 0.0622 e. The van der Waals surface area contributed by atoms with Gasteiger partial charge in [-0.2, -0.15) is 0 Å². The second kappa shape index (κ2) is 10.1. The molecule has 0 saturated carbocycles. The van der Waals surface area contributed by atoms with Crippen LogP contribution >= 0.6 is 0 Å². The fourth-order valence-electron chi connectivity index (χ4n) is 5.31. The Labute approximate surface area is 219 Å². The van der Waals surface area contributed by atoms with Crippen LogP contribution in [0.3, 0.4) is 0 Å². The van der Waals surface area contributed by atoms with Gasteiger partial charge in [0.2, 0.25) is 0 Å². The summed E-state index contributed by atoms with van der Waals surface area (Å²) in [5.74, 6) is 0. The van der Waals surface area contributed by atoms with Crippen molar-refractivity contribution >= 4 is 28.4 Å². The number of benzene rings is 5. The van der Waals surface area contributed by atoms with Crippen LogP contribution in [0.25, 0.3) is 28.4 Å². The molecule has 0 fully saturated rings. The highest BCUT2D eigenvalue weighted by Crippen LogP contribution is 2.55. The SMILES string of the molecule is Cc1cccc(C=C2C(c3ccccc3)=C(c3ccccc3)C(c3ccccc3)=C2c2ccccc2)c1. The van der Waals surface area contributed by atoms with Crippen LogP contribution < -0.4 is 0 Å². The first-order chi connectivity index (χ1) is 18.3. The zero-order chi connectivity index (χ0) is 25.0. The maximum Gasteiger partial charge on any atom is -0.00141 e. The molecule has 176 valence electrons. The van der Waals surface area contributed by atoms with E-state index in [1.165, 1.54) is 61.2 Å². The third kappa shape index (κ3) is 4.50. The van der Waals surface area contributed by atoms with E-state index < -0.39 is 0 Å². The Morgan fingerprint density at radius 1 is 0.378 bits per heavy atom. The van der Waals surface area contributed by atoms with Gasteiger partial charge >= 0.3 is 0 Å². The van der Waals surface area contributed by atoms with Crippen LogP contribution in [0, 0.1) is 6.92 Å². The lowest BCUT2D eigenvalue weighted by Gasteiger charge is -2.14. The number of rotatable bonds is 5. The molecular formula is C37H28. The van der Waals surface area contributed by atoms with Crippen LogP contribution in [0.2, 0.25) is 0 Å². The Kier molecular flexibility index (Phi) is 6.23. The van der Waals surface area contributed by atoms with Gasteiger partial charge in [-0.25, -0.2) is 0 Å². The quantitative estimate of drug-likeness (QED) is 0.239. The third-order valence-electron chi connectivity index (χ3n) is 6.89. The van der Waals surface area contributed by atoms with E-state index in [0.29, 0.717) is 0 Å². The van der Waals surface area contributed by atoms with E-state index in [1.54, 1.807) is 0 Å². The highest BCUT2D eigenvalue weighted by Gasteiger charge is 2.32. The molecule has 0 unspecified atom stereocenters. The molecule has 0 bridgehead atoms. The summed E-state index contributed by atoms with van der Waals surface area (Å²) in [6.45, 7) is 2.16. The summed E-state index contributed by atoms with van der Waals surface area (Å²) in [5, 5.41) is 0. The van der Waals surface area contributed by atoms with Gasteiger partial charge in [0.1, 0.15) is 0 Å². The first-order valence-electron chi connectivity index (χ1n) is 12.8. The van der Waals surface area contributed by atoms with E-state index in [4.69, 9.17) is 0 Å². The van der Waals surface area contributed by atoms with Gasteiger partial charge in [-0.05, 0) is 68.7 Å². The summed E-state index contributed by atoms with van der Waals surface area (Å²) >= 11 is 0. The topological polar surface area (TPSA) is 0 Å². The van der Waals surface area contributed by atoms with Crippen molar-refractivity contribution in [3.63, 3.8) is 0 Å². The van der Waals surface area contributed by atoms with E-state index in [9.17, 15) is 0 Å². The zero-order valence-electron chi connectivity index (χ0n) is 20.9. The Balaban J connectivity index is 1.77. The second-order valence-corrected chi connectivity index (χ2v) is 9.44. The Hall–Kier alpha value is -4.68. The summed E-state index contributed by atoms with van der Waals surface area (Å²) in [6.07, 6.45) is 2.37. The highest BCUT2D eigenvalue weighted by atomic mass is 14.3. The molecule has 0 spiro atoms. The summed E-state index contributed by atoms with van der Waals surface area (Å²) in [5.41, 5.74) is 13.7. The number of aryl methyl sites for hydroxylation is 1. The maximum absolute atomic E-state index is 2.37.